The molecule has 2 aromatic rings. The van der Waals surface area contributed by atoms with Crippen molar-refractivity contribution >= 4 is 18.4 Å². The number of carbonyl (C=O) groups excluding carboxylic acids is 1. The average Bonchev–Trinajstić information content (AvgIpc) is 2.78. The molecule has 3 rings (SSSR count). The Morgan fingerprint density at radius 1 is 1.00 bits per heavy atom. The quantitative estimate of drug-likeness (QED) is 0.447. The van der Waals surface area contributed by atoms with E-state index >= 15 is 0 Å². The highest BCUT2D eigenvalue weighted by molar-refractivity contribution is 5.85. The second-order valence-electron chi connectivity index (χ2n) is 8.01. The molecule has 0 aromatic heterocycles. The Bertz CT molecular complexity index is 758. The Kier molecular flexibility index (Phi) is 11.1. The maximum atomic E-state index is 11.6. The molecule has 31 heavy (non-hydrogen) atoms. The van der Waals surface area contributed by atoms with Gasteiger partial charge in [0.1, 0.15) is 6.10 Å². The van der Waals surface area contributed by atoms with Crippen LogP contribution in [0, 0.1) is 0 Å². The predicted molar refractivity (Wildman–Crippen MR) is 128 cm³/mol. The zero-order valence-corrected chi connectivity index (χ0v) is 19.6. The van der Waals surface area contributed by atoms with Crippen LogP contribution >= 0.6 is 12.4 Å². The van der Waals surface area contributed by atoms with Crippen LogP contribution in [-0.2, 0) is 20.7 Å². The number of esters is 1. The Balaban J connectivity index is 0.00000341. The van der Waals surface area contributed by atoms with Gasteiger partial charge in [0.15, 0.2) is 0 Å². The van der Waals surface area contributed by atoms with Gasteiger partial charge in [-0.05, 0) is 42.9 Å². The van der Waals surface area contributed by atoms with E-state index in [9.17, 15) is 4.79 Å². The zero-order chi connectivity index (χ0) is 21.2. The Hall–Kier alpha value is -1.88. The summed E-state index contributed by atoms with van der Waals surface area (Å²) in [6.07, 6.45) is 4.90. The van der Waals surface area contributed by atoms with Crippen LogP contribution in [0.2, 0.25) is 0 Å². The smallest absolute Gasteiger partial charge is 0.307 e. The molecule has 1 atom stereocenters. The van der Waals surface area contributed by atoms with Gasteiger partial charge in [-0.25, -0.2) is 0 Å². The van der Waals surface area contributed by atoms with E-state index in [1.807, 2.05) is 13.0 Å². The summed E-state index contributed by atoms with van der Waals surface area (Å²) in [5.74, 6) is -0.105. The molecule has 0 N–H and O–H groups in total. The van der Waals surface area contributed by atoms with Crippen LogP contribution in [0.3, 0.4) is 0 Å². The van der Waals surface area contributed by atoms with Crippen molar-refractivity contribution in [2.75, 3.05) is 26.2 Å². The van der Waals surface area contributed by atoms with Crippen molar-refractivity contribution in [3.8, 4) is 0 Å². The standard InChI is InChI=1S/C26H35NO3.ClH/c1-3-8-21-11-13-23(14-12-21)26(22-9-6-5-7-10-22)30-24-15-18-27(19-16-24)20-17-25(28)29-4-2;/h5-7,9-14,24,26H,3-4,8,15-20H2,1-2H3;1H. The number of ether oxygens (including phenoxy) is 2. The number of carbonyl (C=O) groups is 1. The van der Waals surface area contributed by atoms with Gasteiger partial charge in [-0.15, -0.1) is 12.4 Å². The number of piperidine rings is 1. The summed E-state index contributed by atoms with van der Waals surface area (Å²) in [7, 11) is 0. The number of aryl methyl sites for hydroxylation is 1. The molecular formula is C26H36ClNO3. The Morgan fingerprint density at radius 2 is 1.65 bits per heavy atom. The van der Waals surface area contributed by atoms with Crippen molar-refractivity contribution in [2.24, 2.45) is 0 Å². The molecule has 0 radical (unpaired) electrons. The van der Waals surface area contributed by atoms with Crippen LogP contribution in [-0.4, -0.2) is 43.2 Å². The number of halogens is 1. The third kappa shape index (κ3) is 7.95. The minimum Gasteiger partial charge on any atom is -0.466 e. The Morgan fingerprint density at radius 3 is 2.26 bits per heavy atom. The first kappa shape index (κ1) is 25.4. The van der Waals surface area contributed by atoms with Gasteiger partial charge in [0.05, 0.1) is 19.1 Å². The van der Waals surface area contributed by atoms with Gasteiger partial charge in [-0.2, -0.15) is 0 Å². The van der Waals surface area contributed by atoms with E-state index in [1.165, 1.54) is 16.7 Å². The number of benzene rings is 2. The zero-order valence-electron chi connectivity index (χ0n) is 18.8. The van der Waals surface area contributed by atoms with E-state index in [0.29, 0.717) is 13.0 Å². The highest BCUT2D eigenvalue weighted by Gasteiger charge is 2.25. The maximum absolute atomic E-state index is 11.6. The lowest BCUT2D eigenvalue weighted by atomic mass is 9.98. The summed E-state index contributed by atoms with van der Waals surface area (Å²) in [4.78, 5) is 13.9. The average molecular weight is 446 g/mol. The lowest BCUT2D eigenvalue weighted by Crippen LogP contribution is -2.38. The van der Waals surface area contributed by atoms with Crippen LogP contribution in [0.25, 0.3) is 0 Å². The lowest BCUT2D eigenvalue weighted by Gasteiger charge is -2.34. The molecule has 0 saturated carbocycles. The summed E-state index contributed by atoms with van der Waals surface area (Å²) in [5, 5.41) is 0. The van der Waals surface area contributed by atoms with Crippen LogP contribution < -0.4 is 0 Å². The van der Waals surface area contributed by atoms with Crippen molar-refractivity contribution in [1.82, 2.24) is 4.90 Å². The number of nitrogens with zero attached hydrogens (tertiary/aromatic N) is 1. The molecular weight excluding hydrogens is 410 g/mol. The second kappa shape index (κ2) is 13.5. The summed E-state index contributed by atoms with van der Waals surface area (Å²) >= 11 is 0. The highest BCUT2D eigenvalue weighted by atomic mass is 35.5. The lowest BCUT2D eigenvalue weighted by molar-refractivity contribution is -0.143. The van der Waals surface area contributed by atoms with Crippen LogP contribution in [0.5, 0.6) is 0 Å². The molecule has 1 aliphatic heterocycles. The van der Waals surface area contributed by atoms with Gasteiger partial charge >= 0.3 is 5.97 Å². The Labute approximate surface area is 193 Å². The first-order valence-electron chi connectivity index (χ1n) is 11.4. The van der Waals surface area contributed by atoms with Gasteiger partial charge < -0.3 is 14.4 Å². The number of hydrogen-bond donors (Lipinski definition) is 0. The summed E-state index contributed by atoms with van der Waals surface area (Å²) in [6.45, 7) is 7.20. The third-order valence-corrected chi connectivity index (χ3v) is 5.72. The maximum Gasteiger partial charge on any atom is 0.307 e. The molecule has 0 aliphatic carbocycles. The topological polar surface area (TPSA) is 38.8 Å². The first-order chi connectivity index (χ1) is 14.7. The van der Waals surface area contributed by atoms with Crippen molar-refractivity contribution in [1.29, 1.82) is 0 Å². The predicted octanol–water partition coefficient (Wildman–Crippen LogP) is 5.58. The number of rotatable bonds is 10. The molecule has 2 aromatic carbocycles. The van der Waals surface area contributed by atoms with Gasteiger partial charge in [-0.3, -0.25) is 4.79 Å². The minimum atomic E-state index is -0.105. The monoisotopic (exact) mass is 445 g/mol. The van der Waals surface area contributed by atoms with Crippen LogP contribution in [0.1, 0.15) is 62.3 Å². The third-order valence-electron chi connectivity index (χ3n) is 5.72. The van der Waals surface area contributed by atoms with E-state index in [1.54, 1.807) is 0 Å². The van der Waals surface area contributed by atoms with Crippen molar-refractivity contribution in [3.05, 3.63) is 71.3 Å². The fraction of sp³-hybridized carbons (Fsp3) is 0.500. The van der Waals surface area contributed by atoms with Gasteiger partial charge in [-0.1, -0.05) is 67.9 Å². The molecule has 1 unspecified atom stereocenters. The van der Waals surface area contributed by atoms with E-state index in [-0.39, 0.29) is 30.6 Å². The molecule has 1 saturated heterocycles. The van der Waals surface area contributed by atoms with Crippen molar-refractivity contribution in [2.45, 2.75) is 58.2 Å². The highest BCUT2D eigenvalue weighted by Crippen LogP contribution is 2.30. The molecule has 1 heterocycles. The molecule has 1 fully saturated rings. The summed E-state index contributed by atoms with van der Waals surface area (Å²) < 4.78 is 11.7. The normalized spacial score (nSPS) is 15.8. The fourth-order valence-corrected chi connectivity index (χ4v) is 4.07. The molecule has 0 bridgehead atoms. The molecule has 0 amide bonds. The van der Waals surface area contributed by atoms with Crippen LogP contribution in [0.4, 0.5) is 0 Å². The fourth-order valence-electron chi connectivity index (χ4n) is 4.07. The number of hydrogen-bond acceptors (Lipinski definition) is 4. The summed E-state index contributed by atoms with van der Waals surface area (Å²) in [6, 6.07) is 19.4. The van der Waals surface area contributed by atoms with Gasteiger partial charge in [0.2, 0.25) is 0 Å². The molecule has 4 nitrogen and oxygen atoms in total. The molecule has 1 aliphatic rings. The van der Waals surface area contributed by atoms with Gasteiger partial charge in [0.25, 0.3) is 0 Å². The van der Waals surface area contributed by atoms with Gasteiger partial charge in [0, 0.05) is 19.6 Å². The van der Waals surface area contributed by atoms with Crippen molar-refractivity contribution in [3.63, 3.8) is 0 Å². The van der Waals surface area contributed by atoms with E-state index in [0.717, 1.165) is 45.3 Å². The van der Waals surface area contributed by atoms with E-state index in [2.05, 4.69) is 60.4 Å². The van der Waals surface area contributed by atoms with Crippen molar-refractivity contribution < 1.29 is 14.3 Å². The van der Waals surface area contributed by atoms with E-state index < -0.39 is 0 Å². The first-order valence-corrected chi connectivity index (χ1v) is 11.4. The molecule has 0 spiro atoms. The largest absolute Gasteiger partial charge is 0.466 e. The molecule has 5 heteroatoms. The minimum absolute atomic E-state index is 0. The number of likely N-dealkylation sites (tertiary alicyclic amines) is 1. The SMILES string of the molecule is CCCc1ccc(C(OC2CCN(CCC(=O)OCC)CC2)c2ccccc2)cc1.Cl. The second-order valence-corrected chi connectivity index (χ2v) is 8.01. The van der Waals surface area contributed by atoms with Crippen LogP contribution in [0.15, 0.2) is 54.6 Å². The summed E-state index contributed by atoms with van der Waals surface area (Å²) in [5.41, 5.74) is 3.79. The van der Waals surface area contributed by atoms with E-state index in [4.69, 9.17) is 9.47 Å². The molecule has 170 valence electrons.